The van der Waals surface area contributed by atoms with E-state index in [4.69, 9.17) is 23.2 Å². The van der Waals surface area contributed by atoms with Gasteiger partial charge in [-0.25, -0.2) is 14.3 Å². The van der Waals surface area contributed by atoms with Gasteiger partial charge in [-0.2, -0.15) is 13.2 Å². The normalized spacial score (nSPS) is 13.0. The number of amides is 2. The van der Waals surface area contributed by atoms with Crippen molar-refractivity contribution in [3.8, 4) is 22.5 Å². The van der Waals surface area contributed by atoms with Crippen LogP contribution >= 0.6 is 23.2 Å². The highest BCUT2D eigenvalue weighted by Gasteiger charge is 2.29. The number of aromatic nitrogens is 4. The molecule has 1 heterocycles. The van der Waals surface area contributed by atoms with E-state index in [0.29, 0.717) is 44.4 Å². The summed E-state index contributed by atoms with van der Waals surface area (Å²) >= 11 is 12.5. The van der Waals surface area contributed by atoms with Crippen molar-refractivity contribution in [3.63, 3.8) is 0 Å². The number of aromatic amines is 1. The van der Waals surface area contributed by atoms with Crippen molar-refractivity contribution < 1.29 is 22.4 Å². The molecule has 6 rings (SSSR count). The second-order valence-electron chi connectivity index (χ2n) is 11.1. The van der Waals surface area contributed by atoms with Crippen LogP contribution in [-0.2, 0) is 6.54 Å². The van der Waals surface area contributed by atoms with Crippen LogP contribution in [0.5, 0.6) is 0 Å². The minimum atomic E-state index is -4.45. The van der Waals surface area contributed by atoms with Gasteiger partial charge in [0.25, 0.3) is 0 Å². The number of urea groups is 1. The van der Waals surface area contributed by atoms with Crippen molar-refractivity contribution in [2.75, 3.05) is 22.1 Å². The Balaban J connectivity index is 1.38. The molecule has 1 aliphatic carbocycles. The maximum absolute atomic E-state index is 14.7. The highest BCUT2D eigenvalue weighted by atomic mass is 35.5. The number of tetrazole rings is 1. The largest absolute Gasteiger partial charge is 0.390 e. The number of carbonyl (C=O) groups excluding carboxylic acids is 1. The minimum Gasteiger partial charge on any atom is -0.365 e. The summed E-state index contributed by atoms with van der Waals surface area (Å²) in [5.41, 5.74) is 3.85. The number of alkyl halides is 3. The predicted octanol–water partition coefficient (Wildman–Crippen LogP) is 9.46. The van der Waals surface area contributed by atoms with E-state index in [9.17, 15) is 22.4 Å². The number of anilines is 3. The van der Waals surface area contributed by atoms with Crippen LogP contribution in [0.15, 0.2) is 78.9 Å². The number of nitrogens with zero attached hydrogens (tertiary/aromatic N) is 4. The molecule has 0 unspecified atom stereocenters. The highest BCUT2D eigenvalue weighted by Crippen LogP contribution is 2.42. The lowest BCUT2D eigenvalue weighted by atomic mass is 9.98. The van der Waals surface area contributed by atoms with Gasteiger partial charge in [0, 0.05) is 34.4 Å². The summed E-state index contributed by atoms with van der Waals surface area (Å²) in [4.78, 5) is 14.8. The van der Waals surface area contributed by atoms with Gasteiger partial charge in [0.15, 0.2) is 5.82 Å². The fourth-order valence-electron chi connectivity index (χ4n) is 5.31. The predicted molar refractivity (Wildman–Crippen MR) is 174 cm³/mol. The first kappa shape index (κ1) is 32.3. The van der Waals surface area contributed by atoms with Crippen molar-refractivity contribution in [3.05, 3.63) is 106 Å². The Hall–Kier alpha value is -4.68. The molecule has 8 nitrogen and oxygen atoms in total. The first-order chi connectivity index (χ1) is 22.5. The smallest absolute Gasteiger partial charge is 0.365 e. The molecule has 0 atom stereocenters. The monoisotopic (exact) mass is 683 g/mol. The van der Waals surface area contributed by atoms with E-state index in [1.807, 2.05) is 24.3 Å². The number of nitrogens with one attached hydrogen (secondary N) is 3. The number of rotatable bonds is 10. The summed E-state index contributed by atoms with van der Waals surface area (Å²) in [5.74, 6) is 0.179. The number of halogens is 6. The second kappa shape index (κ2) is 13.6. The molecule has 0 spiro atoms. The number of hydrogen-bond acceptors (Lipinski definition) is 5. The number of benzene rings is 4. The van der Waals surface area contributed by atoms with E-state index in [0.717, 1.165) is 12.8 Å². The van der Waals surface area contributed by atoms with Crippen LogP contribution in [0.1, 0.15) is 36.3 Å². The van der Waals surface area contributed by atoms with Crippen LogP contribution in [0.2, 0.25) is 10.0 Å². The molecule has 4 aromatic carbocycles. The quantitative estimate of drug-likeness (QED) is 0.127. The second-order valence-corrected chi connectivity index (χ2v) is 12.0. The van der Waals surface area contributed by atoms with Gasteiger partial charge in [-0.15, -0.1) is 5.10 Å². The fraction of sp³-hybridized carbons (Fsp3) is 0.212. The van der Waals surface area contributed by atoms with Crippen LogP contribution < -0.4 is 15.5 Å². The fourth-order valence-corrected chi connectivity index (χ4v) is 5.78. The van der Waals surface area contributed by atoms with Crippen molar-refractivity contribution in [2.45, 2.75) is 37.9 Å². The molecule has 3 N–H and O–H groups in total. The zero-order chi connectivity index (χ0) is 33.1. The topological polar surface area (TPSA) is 98.8 Å². The third-order valence-corrected chi connectivity index (χ3v) is 8.33. The van der Waals surface area contributed by atoms with Crippen molar-refractivity contribution in [2.24, 2.45) is 0 Å². The first-order valence-corrected chi connectivity index (χ1v) is 15.4. The van der Waals surface area contributed by atoms with Gasteiger partial charge in [0.2, 0.25) is 0 Å². The molecule has 0 radical (unpaired) electrons. The lowest BCUT2D eigenvalue weighted by Crippen LogP contribution is -2.29. The summed E-state index contributed by atoms with van der Waals surface area (Å²) in [6, 6.07) is 20.8. The molecule has 1 aliphatic rings. The average Bonchev–Trinajstić information content (AvgIpc) is 3.72. The van der Waals surface area contributed by atoms with E-state index in [1.165, 1.54) is 17.0 Å². The Morgan fingerprint density at radius 2 is 1.74 bits per heavy atom. The van der Waals surface area contributed by atoms with Crippen molar-refractivity contribution in [1.82, 2.24) is 20.6 Å². The van der Waals surface area contributed by atoms with Gasteiger partial charge < -0.3 is 15.5 Å². The zero-order valence-electron chi connectivity index (χ0n) is 24.6. The summed E-state index contributed by atoms with van der Waals surface area (Å²) in [6.45, 7) is -0.456. The van der Waals surface area contributed by atoms with E-state index >= 15 is 0 Å². The van der Waals surface area contributed by atoms with Crippen molar-refractivity contribution >= 4 is 46.3 Å². The number of hydrogen-bond donors (Lipinski definition) is 3. The molecule has 1 saturated carbocycles. The Labute approximate surface area is 277 Å². The summed E-state index contributed by atoms with van der Waals surface area (Å²) in [5, 5.41) is 20.1. The highest BCUT2D eigenvalue weighted by molar-refractivity contribution is 6.35. The van der Waals surface area contributed by atoms with Gasteiger partial charge >= 0.3 is 12.2 Å². The zero-order valence-corrected chi connectivity index (χ0v) is 26.1. The van der Waals surface area contributed by atoms with Crippen LogP contribution in [0.25, 0.3) is 22.5 Å². The first-order valence-electron chi connectivity index (χ1n) is 14.6. The van der Waals surface area contributed by atoms with Crippen LogP contribution in [-0.4, -0.2) is 39.4 Å². The lowest BCUT2D eigenvalue weighted by Gasteiger charge is -2.29. The molecule has 5 aromatic rings. The Morgan fingerprint density at radius 1 is 0.957 bits per heavy atom. The van der Waals surface area contributed by atoms with Gasteiger partial charge in [-0.05, 0) is 87.8 Å². The van der Waals surface area contributed by atoms with E-state index in [1.54, 1.807) is 42.5 Å². The molecule has 0 aliphatic heterocycles. The molecular weight excluding hydrogens is 657 g/mol. The van der Waals surface area contributed by atoms with E-state index in [-0.39, 0.29) is 28.9 Å². The minimum absolute atomic E-state index is 0.0180. The molecule has 242 valence electrons. The molecule has 0 bridgehead atoms. The molecular formula is C33H27Cl2F4N7O. The standard InChI is InChI=1S/C33H27Cl2F4N7O/c34-22-9-7-21(27(35)16-22)18-46(14-13-33(37,38)39)30-12-8-20(24-3-1-2-4-26(24)31-42-44-45-43-31)15-29(30)41-32(47)40-23-10-11-25(19-5-6-19)28(36)17-23/h1-4,7-12,15-17,19H,5-6,13-14,18H2,(H2,40,41,47)(H,42,43,44,45). The van der Waals surface area contributed by atoms with Gasteiger partial charge in [-0.3, -0.25) is 0 Å². The van der Waals surface area contributed by atoms with Crippen molar-refractivity contribution in [1.29, 1.82) is 0 Å². The third kappa shape index (κ3) is 8.01. The average molecular weight is 685 g/mol. The maximum Gasteiger partial charge on any atom is 0.390 e. The molecule has 1 fully saturated rings. The molecule has 2 amide bonds. The Morgan fingerprint density at radius 3 is 2.43 bits per heavy atom. The molecule has 14 heteroatoms. The van der Waals surface area contributed by atoms with Gasteiger partial charge in [0.05, 0.1) is 17.8 Å². The van der Waals surface area contributed by atoms with Gasteiger partial charge in [0.1, 0.15) is 5.82 Å². The molecule has 47 heavy (non-hydrogen) atoms. The van der Waals surface area contributed by atoms with Crippen LogP contribution in [0.3, 0.4) is 0 Å². The van der Waals surface area contributed by atoms with Gasteiger partial charge in [-0.1, -0.05) is 65.7 Å². The van der Waals surface area contributed by atoms with E-state index < -0.39 is 31.0 Å². The van der Waals surface area contributed by atoms with Crippen LogP contribution in [0.4, 0.5) is 39.4 Å². The van der Waals surface area contributed by atoms with E-state index in [2.05, 4.69) is 31.3 Å². The SMILES string of the molecule is O=C(Nc1ccc(C2CC2)c(F)c1)Nc1cc(-c2ccccc2-c2nnn[nH]2)ccc1N(CCC(F)(F)F)Cc1ccc(Cl)cc1Cl. The summed E-state index contributed by atoms with van der Waals surface area (Å²) in [6.07, 6.45) is -3.73. The molecule has 0 saturated heterocycles. The maximum atomic E-state index is 14.7. The Kier molecular flexibility index (Phi) is 9.33. The third-order valence-electron chi connectivity index (χ3n) is 7.74. The number of H-pyrrole nitrogens is 1. The lowest BCUT2D eigenvalue weighted by molar-refractivity contribution is -0.132. The summed E-state index contributed by atoms with van der Waals surface area (Å²) in [7, 11) is 0. The number of carbonyl (C=O) groups is 1. The van der Waals surface area contributed by atoms with Crippen LogP contribution in [0, 0.1) is 5.82 Å². The Bertz CT molecular complexity index is 1900. The summed E-state index contributed by atoms with van der Waals surface area (Å²) < 4.78 is 55.3. The molecule has 1 aromatic heterocycles.